The first-order valence-electron chi connectivity index (χ1n) is 19.5. The van der Waals surface area contributed by atoms with Gasteiger partial charge in [-0.05, 0) is 86.4 Å². The first kappa shape index (κ1) is 40.3. The molecule has 6 rings (SSSR count). The van der Waals surface area contributed by atoms with Gasteiger partial charge in [0.15, 0.2) is 12.6 Å². The molecule has 4 aliphatic carbocycles. The largest absolute Gasteiger partial charge is 0.396 e. The Labute approximate surface area is 306 Å². The predicted molar refractivity (Wildman–Crippen MR) is 185 cm³/mol. The number of carbonyl (C=O) groups excluding carboxylic acids is 2. The van der Waals surface area contributed by atoms with E-state index in [1.165, 1.54) is 12.5 Å². The van der Waals surface area contributed by atoms with Crippen LogP contribution < -0.4 is 0 Å². The molecular weight excluding hydrogens is 676 g/mol. The Balaban J connectivity index is 1.15. The summed E-state index contributed by atoms with van der Waals surface area (Å²) in [6, 6.07) is 0. The van der Waals surface area contributed by atoms with Gasteiger partial charge in [-0.15, -0.1) is 0 Å². The lowest BCUT2D eigenvalue weighted by molar-refractivity contribution is -0.369. The van der Waals surface area contributed by atoms with Crippen molar-refractivity contribution in [2.45, 2.75) is 160 Å². The second kappa shape index (κ2) is 15.6. The number of ether oxygens (including phenoxy) is 4. The quantitative estimate of drug-likeness (QED) is 0.150. The van der Waals surface area contributed by atoms with Crippen LogP contribution in [0.5, 0.6) is 0 Å². The second-order valence-electron chi connectivity index (χ2n) is 17.5. The Bertz CT molecular complexity index is 1320. The molecule has 3 saturated carbocycles. The third kappa shape index (κ3) is 7.11. The lowest BCUT2D eigenvalue weighted by atomic mass is 9.47. The average Bonchev–Trinajstić information content (AvgIpc) is 3.40. The SMILES string of the molecule is C[C@H](CO)CCC(=O)[C@@H](C)[C@@H]1C(=O)C[C@H]2[C@@H]3CC=C4CC(O[C@@H]5O[C@H](CO)[C@@H](O)[C@H](O)[C@H]5O[C@H]5O[C@@H](C)[C@H](O)[C@@H](O)[C@H]5O)CC[C@]4(C)[C@H]3CC[C@@]21C. The first-order chi connectivity index (χ1) is 24.5. The maximum absolute atomic E-state index is 13.7. The van der Waals surface area contributed by atoms with Crippen molar-refractivity contribution in [2.24, 2.45) is 46.3 Å². The van der Waals surface area contributed by atoms with E-state index in [0.717, 1.165) is 25.7 Å². The van der Waals surface area contributed by atoms with E-state index in [1.54, 1.807) is 0 Å². The molecule has 0 bridgehead atoms. The molecule has 6 aliphatic rings. The van der Waals surface area contributed by atoms with Gasteiger partial charge in [0.1, 0.15) is 54.3 Å². The molecule has 7 N–H and O–H groups in total. The Morgan fingerprint density at radius 3 is 2.33 bits per heavy atom. The van der Waals surface area contributed by atoms with E-state index in [4.69, 9.17) is 18.9 Å². The molecule has 5 fully saturated rings. The first-order valence-corrected chi connectivity index (χ1v) is 19.5. The van der Waals surface area contributed by atoms with Crippen LogP contribution >= 0.6 is 0 Å². The molecular formula is C39H62O13. The molecule has 13 heteroatoms. The van der Waals surface area contributed by atoms with E-state index >= 15 is 0 Å². The fourth-order valence-electron chi connectivity index (χ4n) is 11.1. The summed E-state index contributed by atoms with van der Waals surface area (Å²) in [5.74, 6) is 0.680. The highest BCUT2D eigenvalue weighted by Crippen LogP contribution is 2.66. The lowest BCUT2D eigenvalue weighted by Gasteiger charge is -2.58. The number of fused-ring (bicyclic) bond motifs is 5. The van der Waals surface area contributed by atoms with Crippen LogP contribution in [0, 0.1) is 46.3 Å². The number of aliphatic hydroxyl groups is 7. The molecule has 0 aromatic carbocycles. The summed E-state index contributed by atoms with van der Waals surface area (Å²) in [7, 11) is 0. The molecule has 0 radical (unpaired) electrons. The van der Waals surface area contributed by atoms with Gasteiger partial charge in [-0.3, -0.25) is 9.59 Å². The van der Waals surface area contributed by atoms with Crippen LogP contribution in [0.2, 0.25) is 0 Å². The Morgan fingerprint density at radius 2 is 1.63 bits per heavy atom. The van der Waals surface area contributed by atoms with Gasteiger partial charge in [-0.1, -0.05) is 39.3 Å². The summed E-state index contributed by atoms with van der Waals surface area (Å²) in [6.07, 6.45) is -5.47. The highest BCUT2D eigenvalue weighted by Gasteiger charge is 2.62. The van der Waals surface area contributed by atoms with Crippen LogP contribution in [0.3, 0.4) is 0 Å². The van der Waals surface area contributed by atoms with Gasteiger partial charge in [0.25, 0.3) is 0 Å². The van der Waals surface area contributed by atoms with Crippen LogP contribution in [0.1, 0.15) is 92.4 Å². The van der Waals surface area contributed by atoms with Crippen molar-refractivity contribution in [1.29, 1.82) is 0 Å². The summed E-state index contributed by atoms with van der Waals surface area (Å²) in [4.78, 5) is 27.0. The predicted octanol–water partition coefficient (Wildman–Crippen LogP) is 1.40. The van der Waals surface area contributed by atoms with Gasteiger partial charge < -0.3 is 54.7 Å². The molecule has 13 nitrogen and oxygen atoms in total. The molecule has 19 atom stereocenters. The third-order valence-electron chi connectivity index (χ3n) is 14.4. The van der Waals surface area contributed by atoms with E-state index in [0.29, 0.717) is 43.9 Å². The van der Waals surface area contributed by atoms with Crippen LogP contribution in [-0.2, 0) is 28.5 Å². The smallest absolute Gasteiger partial charge is 0.187 e. The maximum Gasteiger partial charge on any atom is 0.187 e. The van der Waals surface area contributed by atoms with Gasteiger partial charge in [0.2, 0.25) is 0 Å². The number of hydrogen-bond donors (Lipinski definition) is 7. The number of allylic oxidation sites excluding steroid dienone is 1. The summed E-state index contributed by atoms with van der Waals surface area (Å²) >= 11 is 0. The third-order valence-corrected chi connectivity index (χ3v) is 14.4. The van der Waals surface area contributed by atoms with E-state index in [-0.39, 0.29) is 58.8 Å². The summed E-state index contributed by atoms with van der Waals surface area (Å²) in [6.45, 7) is 9.41. The standard InChI is InChI=1S/C39H62O13/c1-18(16-40)6-9-26(42)19(2)29-27(43)15-25-23-8-7-21-14-22(10-12-38(21,4)24(23)11-13-39(25,29)5)50-37-35(33(47)31(45)28(17-41)51-37)52-36-34(48)32(46)30(44)20(3)49-36/h7,18-20,22-25,28-37,40-41,44-48H,6,8-17H2,1-5H3/t18-,19+,20-,22?,23+,24-,25-,28+,29+,30-,31+,32+,33-,34+,35+,36+,37+,38-,39-/m0/s1. The number of Topliss-reactive ketones (excluding diaryl/α,β-unsaturated/α-hetero) is 2. The molecule has 0 aromatic heterocycles. The van der Waals surface area contributed by atoms with Crippen molar-refractivity contribution in [2.75, 3.05) is 13.2 Å². The van der Waals surface area contributed by atoms with E-state index < -0.39 is 68.0 Å². The fraction of sp³-hybridized carbons (Fsp3) is 0.897. The van der Waals surface area contributed by atoms with E-state index in [9.17, 15) is 45.3 Å². The van der Waals surface area contributed by atoms with Crippen LogP contribution in [0.25, 0.3) is 0 Å². The Kier molecular flexibility index (Phi) is 12.1. The minimum absolute atomic E-state index is 0.0488. The second-order valence-corrected chi connectivity index (χ2v) is 17.5. The average molecular weight is 739 g/mol. The fourth-order valence-corrected chi connectivity index (χ4v) is 11.1. The number of aliphatic hydroxyl groups excluding tert-OH is 7. The summed E-state index contributed by atoms with van der Waals surface area (Å²) in [5, 5.41) is 72.2. The molecule has 2 heterocycles. The van der Waals surface area contributed by atoms with Gasteiger partial charge >= 0.3 is 0 Å². The molecule has 2 aliphatic heterocycles. The van der Waals surface area contributed by atoms with E-state index in [1.807, 2.05) is 13.8 Å². The van der Waals surface area contributed by atoms with Crippen LogP contribution in [0.15, 0.2) is 11.6 Å². The van der Waals surface area contributed by atoms with Crippen molar-refractivity contribution in [3.05, 3.63) is 11.6 Å². The molecule has 2 saturated heterocycles. The summed E-state index contributed by atoms with van der Waals surface area (Å²) in [5.41, 5.74) is 0.939. The zero-order chi connectivity index (χ0) is 37.9. The zero-order valence-electron chi connectivity index (χ0n) is 31.3. The van der Waals surface area contributed by atoms with Crippen molar-refractivity contribution in [1.82, 2.24) is 0 Å². The molecule has 52 heavy (non-hydrogen) atoms. The monoisotopic (exact) mass is 738 g/mol. The van der Waals surface area contributed by atoms with Gasteiger partial charge in [0, 0.05) is 31.3 Å². The number of hydrogen-bond acceptors (Lipinski definition) is 13. The van der Waals surface area contributed by atoms with Gasteiger partial charge in [-0.25, -0.2) is 0 Å². The van der Waals surface area contributed by atoms with Crippen molar-refractivity contribution < 1.29 is 64.3 Å². The van der Waals surface area contributed by atoms with Gasteiger partial charge in [0.05, 0.1) is 18.8 Å². The summed E-state index contributed by atoms with van der Waals surface area (Å²) < 4.78 is 23.9. The normalized spacial score (nSPS) is 49.0. The zero-order valence-corrected chi connectivity index (χ0v) is 31.3. The lowest BCUT2D eigenvalue weighted by Crippen LogP contribution is -2.64. The molecule has 0 spiro atoms. The minimum Gasteiger partial charge on any atom is -0.396 e. The van der Waals surface area contributed by atoms with Crippen LogP contribution in [-0.4, -0.2) is 128 Å². The van der Waals surface area contributed by atoms with Crippen LogP contribution in [0.4, 0.5) is 0 Å². The Hall–Kier alpha value is -1.36. The van der Waals surface area contributed by atoms with Crippen molar-refractivity contribution in [3.63, 3.8) is 0 Å². The number of ketones is 2. The topological polar surface area (TPSA) is 213 Å². The highest BCUT2D eigenvalue weighted by molar-refractivity contribution is 5.92. The van der Waals surface area contributed by atoms with E-state index in [2.05, 4.69) is 19.9 Å². The molecule has 0 amide bonds. The maximum atomic E-state index is 13.7. The molecule has 0 aromatic rings. The highest BCUT2D eigenvalue weighted by atomic mass is 16.8. The Morgan fingerprint density at radius 1 is 0.904 bits per heavy atom. The van der Waals surface area contributed by atoms with Crippen molar-refractivity contribution >= 4 is 11.6 Å². The number of carbonyl (C=O) groups is 2. The molecule has 1 unspecified atom stereocenters. The van der Waals surface area contributed by atoms with Gasteiger partial charge in [-0.2, -0.15) is 0 Å². The minimum atomic E-state index is -1.64. The van der Waals surface area contributed by atoms with Crippen molar-refractivity contribution in [3.8, 4) is 0 Å². The number of rotatable bonds is 11. The molecule has 296 valence electrons.